The van der Waals surface area contributed by atoms with Gasteiger partial charge in [0.15, 0.2) is 11.6 Å². The summed E-state index contributed by atoms with van der Waals surface area (Å²) in [4.78, 5) is 96.0. The Labute approximate surface area is 346 Å². The molecule has 1 aromatic heterocycles. The number of benzene rings is 1. The number of carbonyl (C=O) groups is 6. The number of phosphoric acid groups is 1. The Morgan fingerprint density at radius 3 is 2.37 bits per heavy atom. The maximum Gasteiger partial charge on any atom is 0.472 e. The average molecular weight is 845 g/mol. The number of primary amides is 1. The summed E-state index contributed by atoms with van der Waals surface area (Å²) in [5.74, 6) is -6.38. The number of imidazole rings is 1. The van der Waals surface area contributed by atoms with Crippen molar-refractivity contribution in [2.45, 2.75) is 116 Å². The van der Waals surface area contributed by atoms with E-state index < -0.39 is 86.2 Å². The van der Waals surface area contributed by atoms with E-state index in [1.165, 1.54) is 18.7 Å². The molecule has 1 unspecified atom stereocenters. The van der Waals surface area contributed by atoms with Gasteiger partial charge in [0.05, 0.1) is 43.5 Å². The highest BCUT2D eigenvalue weighted by molar-refractivity contribution is 7.47. The van der Waals surface area contributed by atoms with Crippen LogP contribution in [0.15, 0.2) is 55.5 Å². The fourth-order valence-corrected chi connectivity index (χ4v) is 8.01. The number of hydrogen-bond acceptors (Lipinski definition) is 11. The molecule has 3 rings (SSSR count). The van der Waals surface area contributed by atoms with Crippen LogP contribution in [0.2, 0.25) is 0 Å². The number of aliphatic hydroxyl groups is 1. The highest BCUT2D eigenvalue weighted by atomic mass is 31.2. The number of carbonyl (C=O) groups excluding carboxylic acids is 6. The van der Waals surface area contributed by atoms with Gasteiger partial charge < -0.3 is 35.8 Å². The van der Waals surface area contributed by atoms with E-state index in [0.717, 1.165) is 5.56 Å². The Balaban J connectivity index is 1.83. The standard InChI is InChI=1S/C41H61N6O11P/c1-6-7-8-12-18-57-59(55,56)58-28(4)33(39(42)52)22-38(51)35(25-48)45-40(53)31(20-32-23-43-26-46(32)24-30-14-10-9-11-15-30)21-37(50)34(19-27(2)3)44-41(54)36-16-13-17-47(36)29(5)49/h6,9-11,14-15,23,26-28,31,33-36,48H,1,7-8,12-13,16-22,24-25H2,2-5H3,(H2,42,52)(H,44,54)(H,45,53)(H,55,56)/t28-,31-,33+,34+,35+,36+/m1/s1. The fourth-order valence-electron chi connectivity index (χ4n) is 7.02. The summed E-state index contributed by atoms with van der Waals surface area (Å²) in [5.41, 5.74) is 7.12. The number of Topliss-reactive ketones (excluding diaryl/α,β-unsaturated/α-hetero) is 2. The van der Waals surface area contributed by atoms with E-state index in [1.807, 2.05) is 48.7 Å². The van der Waals surface area contributed by atoms with E-state index in [-0.39, 0.29) is 37.7 Å². The van der Waals surface area contributed by atoms with E-state index in [2.05, 4.69) is 22.2 Å². The van der Waals surface area contributed by atoms with Gasteiger partial charge in [0.25, 0.3) is 0 Å². The Morgan fingerprint density at radius 2 is 1.75 bits per heavy atom. The summed E-state index contributed by atoms with van der Waals surface area (Å²) in [6.45, 7) is 9.90. The molecule has 18 heteroatoms. The first-order valence-corrected chi connectivity index (χ1v) is 21.6. The number of unbranched alkanes of at least 4 members (excludes halogenated alkanes) is 2. The first kappa shape index (κ1) is 48.8. The number of nitrogens with two attached hydrogens (primary N) is 1. The summed E-state index contributed by atoms with van der Waals surface area (Å²) < 4.78 is 24.6. The summed E-state index contributed by atoms with van der Waals surface area (Å²) in [7, 11) is -4.66. The van der Waals surface area contributed by atoms with Crippen LogP contribution in [0.4, 0.5) is 0 Å². The molecule has 0 saturated carbocycles. The monoisotopic (exact) mass is 844 g/mol. The first-order valence-electron chi connectivity index (χ1n) is 20.1. The van der Waals surface area contributed by atoms with E-state index in [1.54, 1.807) is 18.6 Å². The molecule has 326 valence electrons. The predicted molar refractivity (Wildman–Crippen MR) is 218 cm³/mol. The van der Waals surface area contributed by atoms with Crippen molar-refractivity contribution in [3.05, 3.63) is 66.8 Å². The zero-order valence-corrected chi connectivity index (χ0v) is 35.4. The smallest absolute Gasteiger partial charge is 0.394 e. The normalized spacial score (nSPS) is 17.6. The Morgan fingerprint density at radius 1 is 1.05 bits per heavy atom. The molecule has 4 amide bonds. The molecule has 0 aliphatic carbocycles. The van der Waals surface area contributed by atoms with Crippen molar-refractivity contribution >= 4 is 43.0 Å². The molecule has 1 aliphatic rings. The van der Waals surface area contributed by atoms with Crippen LogP contribution in [0, 0.1) is 17.8 Å². The van der Waals surface area contributed by atoms with Crippen molar-refractivity contribution in [2.24, 2.45) is 23.5 Å². The number of amides is 4. The minimum atomic E-state index is -4.66. The van der Waals surface area contributed by atoms with Crippen molar-refractivity contribution < 1.29 is 52.4 Å². The fraction of sp³-hybridized carbons (Fsp3) is 0.585. The topological polar surface area (TPSA) is 250 Å². The largest absolute Gasteiger partial charge is 0.472 e. The van der Waals surface area contributed by atoms with Gasteiger partial charge in [0, 0.05) is 51.2 Å². The number of rotatable bonds is 27. The number of hydrogen-bond donors (Lipinski definition) is 5. The van der Waals surface area contributed by atoms with Crippen LogP contribution in [-0.4, -0.2) is 104 Å². The molecular formula is C41H61N6O11P. The van der Waals surface area contributed by atoms with Gasteiger partial charge in [0.1, 0.15) is 12.1 Å². The molecule has 1 saturated heterocycles. The predicted octanol–water partition coefficient (Wildman–Crippen LogP) is 3.01. The van der Waals surface area contributed by atoms with Gasteiger partial charge in [-0.05, 0) is 56.9 Å². The number of nitrogens with zero attached hydrogens (tertiary/aromatic N) is 3. The molecule has 1 aliphatic heterocycles. The molecule has 0 bridgehead atoms. The van der Waals surface area contributed by atoms with Gasteiger partial charge in [-0.2, -0.15) is 0 Å². The zero-order chi connectivity index (χ0) is 43.7. The van der Waals surface area contributed by atoms with Gasteiger partial charge >= 0.3 is 7.82 Å². The number of ketones is 2. The molecule has 17 nitrogen and oxygen atoms in total. The minimum absolute atomic E-state index is 0.0199. The molecule has 2 aromatic rings. The van der Waals surface area contributed by atoms with Gasteiger partial charge in [-0.1, -0.05) is 50.3 Å². The Bertz CT molecular complexity index is 1790. The lowest BCUT2D eigenvalue weighted by molar-refractivity contribution is -0.138. The molecule has 1 fully saturated rings. The maximum absolute atomic E-state index is 14.2. The third-order valence-electron chi connectivity index (χ3n) is 10.2. The van der Waals surface area contributed by atoms with Crippen molar-refractivity contribution in [3.8, 4) is 0 Å². The zero-order valence-electron chi connectivity index (χ0n) is 34.5. The molecular weight excluding hydrogens is 783 g/mol. The average Bonchev–Trinajstić information content (AvgIpc) is 3.85. The van der Waals surface area contributed by atoms with Crippen LogP contribution >= 0.6 is 7.82 Å². The van der Waals surface area contributed by atoms with E-state index in [9.17, 15) is 43.3 Å². The van der Waals surface area contributed by atoms with Gasteiger partial charge in [-0.15, -0.1) is 6.58 Å². The van der Waals surface area contributed by atoms with Crippen molar-refractivity contribution in [3.63, 3.8) is 0 Å². The van der Waals surface area contributed by atoms with Crippen molar-refractivity contribution in [1.29, 1.82) is 0 Å². The number of likely N-dealkylation sites (tertiary alicyclic amines) is 1. The number of aliphatic hydroxyl groups excluding tert-OH is 1. The third kappa shape index (κ3) is 15.9. The van der Waals surface area contributed by atoms with E-state index >= 15 is 0 Å². The summed E-state index contributed by atoms with van der Waals surface area (Å²) >= 11 is 0. The third-order valence-corrected chi connectivity index (χ3v) is 11.3. The maximum atomic E-state index is 14.2. The second kappa shape index (κ2) is 23.9. The van der Waals surface area contributed by atoms with Crippen molar-refractivity contribution in [1.82, 2.24) is 25.1 Å². The molecule has 0 spiro atoms. The number of phosphoric ester groups is 1. The SMILES string of the molecule is C=CCCCCOP(=O)(O)O[C@H](C)[C@H](CC(=O)[C@H](CO)NC(=O)[C@@H](CC(=O)[C@H](CC(C)C)NC(=O)[C@@H]1CCCN1C(C)=O)Cc1cncn1Cc1ccccc1)C(N)=O. The number of aromatic nitrogens is 2. The summed E-state index contributed by atoms with van der Waals surface area (Å²) in [6.07, 6.45) is 5.56. The molecule has 0 radical (unpaired) electrons. The van der Waals surface area contributed by atoms with Crippen molar-refractivity contribution in [2.75, 3.05) is 19.8 Å². The molecule has 1 aromatic carbocycles. The second-order valence-corrected chi connectivity index (χ2v) is 16.9. The molecule has 6 N–H and O–H groups in total. The van der Waals surface area contributed by atoms with Crippen LogP contribution in [-0.2, 0) is 55.3 Å². The lowest BCUT2D eigenvalue weighted by Crippen LogP contribution is -2.52. The molecule has 7 atom stereocenters. The van der Waals surface area contributed by atoms with E-state index in [0.29, 0.717) is 50.9 Å². The Hall–Kier alpha value is -4.54. The number of nitrogens with one attached hydrogen (secondary N) is 2. The van der Waals surface area contributed by atoms with Crippen LogP contribution in [0.3, 0.4) is 0 Å². The quantitative estimate of drug-likeness (QED) is 0.0495. The first-order chi connectivity index (χ1) is 28.0. The Kier molecular flexibility index (Phi) is 19.8. The van der Waals surface area contributed by atoms with Gasteiger partial charge in [-0.25, -0.2) is 9.55 Å². The highest BCUT2D eigenvalue weighted by Gasteiger charge is 2.38. The lowest BCUT2D eigenvalue weighted by atomic mass is 9.89. The lowest BCUT2D eigenvalue weighted by Gasteiger charge is -2.27. The molecule has 59 heavy (non-hydrogen) atoms. The summed E-state index contributed by atoms with van der Waals surface area (Å²) in [5, 5.41) is 15.7. The van der Waals surface area contributed by atoms with Gasteiger partial charge in [0.2, 0.25) is 23.6 Å². The van der Waals surface area contributed by atoms with Crippen LogP contribution in [0.25, 0.3) is 0 Å². The van der Waals surface area contributed by atoms with Crippen LogP contribution in [0.5, 0.6) is 0 Å². The van der Waals surface area contributed by atoms with Crippen LogP contribution in [0.1, 0.15) is 90.3 Å². The second-order valence-electron chi connectivity index (χ2n) is 15.5. The summed E-state index contributed by atoms with van der Waals surface area (Å²) in [6, 6.07) is 6.23. The molecule has 2 heterocycles. The van der Waals surface area contributed by atoms with Gasteiger partial charge in [-0.3, -0.25) is 37.8 Å². The highest BCUT2D eigenvalue weighted by Crippen LogP contribution is 2.46. The minimum Gasteiger partial charge on any atom is -0.394 e. The van der Waals surface area contributed by atoms with Crippen LogP contribution < -0.4 is 16.4 Å². The number of allylic oxidation sites excluding steroid dienone is 1. The van der Waals surface area contributed by atoms with E-state index in [4.69, 9.17) is 14.8 Å².